The molecule has 0 amide bonds. The molecule has 2 N–H and O–H groups in total. The number of nitrogens with zero attached hydrogens (tertiary/aromatic N) is 1. The van der Waals surface area contributed by atoms with Crippen molar-refractivity contribution in [1.82, 2.24) is 4.98 Å². The molecule has 0 saturated heterocycles. The summed E-state index contributed by atoms with van der Waals surface area (Å²) in [6.45, 7) is 1.97. The van der Waals surface area contributed by atoms with Crippen LogP contribution < -0.4 is 9.47 Å². The normalized spacial score (nSPS) is 13.1. The van der Waals surface area contributed by atoms with Crippen molar-refractivity contribution in [2.45, 2.75) is 31.7 Å². The van der Waals surface area contributed by atoms with E-state index >= 15 is 0 Å². The molecule has 0 aliphatic heterocycles. The number of thiazole rings is 1. The van der Waals surface area contributed by atoms with Crippen molar-refractivity contribution in [2.24, 2.45) is 0 Å². The number of ether oxygens (including phenoxy) is 2. The molecule has 1 atom stereocenters. The summed E-state index contributed by atoms with van der Waals surface area (Å²) in [5, 5.41) is 20.8. The number of carboxylic acid groups (broad SMARTS) is 1. The first kappa shape index (κ1) is 28.4. The fourth-order valence-corrected chi connectivity index (χ4v) is 4.91. The number of aliphatic carboxylic acids is 1. The van der Waals surface area contributed by atoms with Crippen molar-refractivity contribution in [2.75, 3.05) is 6.61 Å². The Morgan fingerprint density at radius 2 is 1.69 bits per heavy atom. The molecule has 1 heterocycles. The van der Waals surface area contributed by atoms with Crippen LogP contribution in [-0.2, 0) is 23.4 Å². The fraction of sp³-hybridized carbons (Fsp3) is 0.214. The number of benzene rings is 3. The van der Waals surface area contributed by atoms with Gasteiger partial charge in [-0.15, -0.1) is 11.3 Å². The number of alkyl halides is 3. The van der Waals surface area contributed by atoms with E-state index in [2.05, 4.69) is 4.98 Å². The predicted octanol–water partition coefficient (Wildman–Crippen LogP) is 6.81. The molecule has 0 aliphatic rings. The molecule has 0 bridgehead atoms. The second kappa shape index (κ2) is 11.6. The number of carboxylic acids is 1. The van der Waals surface area contributed by atoms with Crippen LogP contribution >= 0.6 is 22.9 Å². The van der Waals surface area contributed by atoms with Crippen LogP contribution in [0.25, 0.3) is 10.6 Å². The fourth-order valence-electron chi connectivity index (χ4n) is 3.74. The van der Waals surface area contributed by atoms with Crippen LogP contribution in [0.3, 0.4) is 0 Å². The molecule has 0 spiro atoms. The van der Waals surface area contributed by atoms with Crippen molar-refractivity contribution < 1.29 is 37.7 Å². The molecule has 204 valence electrons. The Bertz CT molecular complexity index is 1440. The van der Waals surface area contributed by atoms with E-state index in [9.17, 15) is 28.2 Å². The Morgan fingerprint density at radius 1 is 1.00 bits per heavy atom. The van der Waals surface area contributed by atoms with Crippen LogP contribution in [0.5, 0.6) is 11.5 Å². The monoisotopic (exact) mass is 577 g/mol. The highest BCUT2D eigenvalue weighted by Gasteiger charge is 2.61. The maximum absolute atomic E-state index is 13.6. The molecule has 0 fully saturated rings. The number of aryl methyl sites for hydroxylation is 1. The smallest absolute Gasteiger partial charge is 0.432 e. The first-order valence-electron chi connectivity index (χ1n) is 11.7. The standard InChI is InChI=1S/C28H23ClF3NO5S/c1-17-24(39-25(33-17)19-7-10-21(29)11-8-19)13-14-37-23-15-20(27(36,26(34)35)28(30,31)32)9-12-22(23)38-16-18-5-3-2-4-6-18/h2-12,15,36H,13-14,16H2,1H3,(H,34,35). The van der Waals surface area contributed by atoms with E-state index in [4.69, 9.17) is 21.1 Å². The maximum Gasteiger partial charge on any atom is 0.432 e. The summed E-state index contributed by atoms with van der Waals surface area (Å²) in [7, 11) is 0. The molecule has 1 aromatic heterocycles. The minimum Gasteiger partial charge on any atom is -0.489 e. The van der Waals surface area contributed by atoms with Gasteiger partial charge in [0.25, 0.3) is 5.60 Å². The van der Waals surface area contributed by atoms with E-state index in [-0.39, 0.29) is 24.7 Å². The number of aromatic nitrogens is 1. The van der Waals surface area contributed by atoms with E-state index in [0.717, 1.165) is 44.9 Å². The van der Waals surface area contributed by atoms with Crippen molar-refractivity contribution in [3.8, 4) is 22.1 Å². The number of hydrogen-bond donors (Lipinski definition) is 2. The van der Waals surface area contributed by atoms with E-state index < -0.39 is 23.3 Å². The second-order valence-corrected chi connectivity index (χ2v) is 10.1. The van der Waals surface area contributed by atoms with Gasteiger partial charge in [0.05, 0.1) is 12.3 Å². The first-order chi connectivity index (χ1) is 18.5. The van der Waals surface area contributed by atoms with Crippen molar-refractivity contribution in [3.05, 3.63) is 99.5 Å². The Kier molecular flexibility index (Phi) is 8.48. The molecule has 6 nitrogen and oxygen atoms in total. The van der Waals surface area contributed by atoms with Crippen LogP contribution in [0.4, 0.5) is 13.2 Å². The lowest BCUT2D eigenvalue weighted by Gasteiger charge is -2.27. The van der Waals surface area contributed by atoms with Gasteiger partial charge in [-0.3, -0.25) is 0 Å². The number of halogens is 4. The molecule has 0 aliphatic carbocycles. The van der Waals surface area contributed by atoms with E-state index in [1.165, 1.54) is 11.3 Å². The topological polar surface area (TPSA) is 88.9 Å². The molecule has 4 rings (SSSR count). The third kappa shape index (κ3) is 6.35. The van der Waals surface area contributed by atoms with E-state index in [1.807, 2.05) is 49.4 Å². The van der Waals surface area contributed by atoms with Gasteiger partial charge in [-0.2, -0.15) is 13.2 Å². The zero-order chi connectivity index (χ0) is 28.2. The third-order valence-corrected chi connectivity index (χ3v) is 7.41. The lowest BCUT2D eigenvalue weighted by atomic mass is 9.93. The van der Waals surface area contributed by atoms with Crippen molar-refractivity contribution in [1.29, 1.82) is 0 Å². The minimum absolute atomic E-state index is 0.0335. The largest absolute Gasteiger partial charge is 0.489 e. The highest BCUT2D eigenvalue weighted by Crippen LogP contribution is 2.42. The van der Waals surface area contributed by atoms with Gasteiger partial charge in [-0.25, -0.2) is 9.78 Å². The molecule has 0 radical (unpaired) electrons. The molecular formula is C28H23ClF3NO5S. The van der Waals surface area contributed by atoms with Crippen molar-refractivity contribution in [3.63, 3.8) is 0 Å². The summed E-state index contributed by atoms with van der Waals surface area (Å²) in [6.07, 6.45) is -5.09. The summed E-state index contributed by atoms with van der Waals surface area (Å²) in [4.78, 5) is 17.0. The zero-order valence-electron chi connectivity index (χ0n) is 20.5. The zero-order valence-corrected chi connectivity index (χ0v) is 22.1. The average Bonchev–Trinajstić information content (AvgIpc) is 3.27. The van der Waals surface area contributed by atoms with Crippen molar-refractivity contribution >= 4 is 28.9 Å². The van der Waals surface area contributed by atoms with E-state index in [0.29, 0.717) is 11.4 Å². The number of rotatable bonds is 10. The Morgan fingerprint density at radius 3 is 2.33 bits per heavy atom. The lowest BCUT2D eigenvalue weighted by Crippen LogP contribution is -2.49. The Balaban J connectivity index is 1.57. The Labute approximate surface area is 231 Å². The number of aliphatic hydroxyl groups is 1. The molecule has 11 heteroatoms. The summed E-state index contributed by atoms with van der Waals surface area (Å²) in [6, 6.07) is 19.2. The molecule has 0 saturated carbocycles. The van der Waals surface area contributed by atoms with Gasteiger partial charge < -0.3 is 19.7 Å². The second-order valence-electron chi connectivity index (χ2n) is 8.58. The highest BCUT2D eigenvalue weighted by atomic mass is 35.5. The summed E-state index contributed by atoms with van der Waals surface area (Å²) in [5.41, 5.74) is -2.54. The molecule has 3 aromatic carbocycles. The van der Waals surface area contributed by atoms with Crippen LogP contribution in [0, 0.1) is 6.92 Å². The van der Waals surface area contributed by atoms with Crippen LogP contribution in [0.2, 0.25) is 5.02 Å². The van der Waals surface area contributed by atoms with Crippen LogP contribution in [-0.4, -0.2) is 33.9 Å². The average molecular weight is 578 g/mol. The van der Waals surface area contributed by atoms with Gasteiger partial charge in [0.1, 0.15) is 11.6 Å². The first-order valence-corrected chi connectivity index (χ1v) is 12.9. The molecular weight excluding hydrogens is 555 g/mol. The van der Waals surface area contributed by atoms with Gasteiger partial charge in [0, 0.05) is 27.4 Å². The van der Waals surface area contributed by atoms with E-state index in [1.54, 1.807) is 12.1 Å². The van der Waals surface area contributed by atoms with Crippen LogP contribution in [0.15, 0.2) is 72.8 Å². The molecule has 4 aromatic rings. The Hall–Kier alpha value is -3.60. The summed E-state index contributed by atoms with van der Waals surface area (Å²) >= 11 is 7.41. The molecule has 1 unspecified atom stereocenters. The predicted molar refractivity (Wildman–Crippen MR) is 141 cm³/mol. The highest BCUT2D eigenvalue weighted by molar-refractivity contribution is 7.15. The summed E-state index contributed by atoms with van der Waals surface area (Å²) in [5.74, 6) is -2.48. The van der Waals surface area contributed by atoms with Crippen LogP contribution in [0.1, 0.15) is 21.7 Å². The van der Waals surface area contributed by atoms with Gasteiger partial charge in [0.15, 0.2) is 11.5 Å². The SMILES string of the molecule is Cc1nc(-c2ccc(Cl)cc2)sc1CCOc1cc(C(O)(C(=O)O)C(F)(F)F)ccc1OCc1ccccc1. The third-order valence-electron chi connectivity index (χ3n) is 5.89. The lowest BCUT2D eigenvalue weighted by molar-refractivity contribution is -0.265. The van der Waals surface area contributed by atoms with Gasteiger partial charge >= 0.3 is 12.1 Å². The van der Waals surface area contributed by atoms with Gasteiger partial charge in [-0.1, -0.05) is 60.1 Å². The minimum atomic E-state index is -5.47. The number of carbonyl (C=O) groups is 1. The maximum atomic E-state index is 13.6. The van der Waals surface area contributed by atoms with Gasteiger partial charge in [-0.05, 0) is 36.8 Å². The number of hydrogen-bond acceptors (Lipinski definition) is 6. The van der Waals surface area contributed by atoms with Gasteiger partial charge in [0.2, 0.25) is 0 Å². The summed E-state index contributed by atoms with van der Waals surface area (Å²) < 4.78 is 52.4. The molecule has 39 heavy (non-hydrogen) atoms. The quantitative estimate of drug-likeness (QED) is 0.215.